The fraction of sp³-hybridized carbons (Fsp3) is 0.0769. The van der Waals surface area contributed by atoms with E-state index in [9.17, 15) is 28.2 Å². The van der Waals surface area contributed by atoms with Gasteiger partial charge in [0.25, 0.3) is 5.69 Å². The van der Waals surface area contributed by atoms with Crippen LogP contribution in [0.1, 0.15) is 0 Å². The van der Waals surface area contributed by atoms with Crippen molar-refractivity contribution in [2.75, 3.05) is 0 Å². The van der Waals surface area contributed by atoms with Crippen molar-refractivity contribution >= 4 is 5.69 Å². The zero-order valence-electron chi connectivity index (χ0n) is 11.1. The predicted molar refractivity (Wildman–Crippen MR) is 71.6 cm³/mol. The Morgan fingerprint density at radius 2 is 1.74 bits per heavy atom. The van der Waals surface area contributed by atoms with Gasteiger partial charge in [-0.1, -0.05) is 12.1 Å². The number of nitro benzene ring substituents is 1. The SMILES string of the molecule is O=NOc1ccc([N+](=O)[O-])cc1-c1ccc(OC(F)(F)F)cc1. The van der Waals surface area contributed by atoms with Crippen LogP contribution in [0.25, 0.3) is 11.1 Å². The molecule has 0 aliphatic carbocycles. The Hall–Kier alpha value is -3.17. The maximum Gasteiger partial charge on any atom is 0.573 e. The van der Waals surface area contributed by atoms with Gasteiger partial charge in [0.1, 0.15) is 5.75 Å². The maximum absolute atomic E-state index is 12.1. The third kappa shape index (κ3) is 4.15. The summed E-state index contributed by atoms with van der Waals surface area (Å²) in [6.45, 7) is 0. The fourth-order valence-electron chi connectivity index (χ4n) is 1.81. The molecule has 0 fully saturated rings. The Bertz CT molecular complexity index is 731. The minimum absolute atomic E-state index is 0.0740. The fourth-order valence-corrected chi connectivity index (χ4v) is 1.81. The first-order valence-corrected chi connectivity index (χ1v) is 5.94. The number of ether oxygens (including phenoxy) is 1. The second-order valence-electron chi connectivity index (χ2n) is 4.18. The van der Waals surface area contributed by atoms with Crippen molar-refractivity contribution in [1.82, 2.24) is 0 Å². The second kappa shape index (κ2) is 6.30. The summed E-state index contributed by atoms with van der Waals surface area (Å²) in [6, 6.07) is 7.90. The van der Waals surface area contributed by atoms with Crippen LogP contribution in [0, 0.1) is 15.0 Å². The van der Waals surface area contributed by atoms with Gasteiger partial charge in [0.05, 0.1) is 4.92 Å². The number of nitrogens with zero attached hydrogens (tertiary/aromatic N) is 2. The van der Waals surface area contributed by atoms with Gasteiger partial charge in [-0.2, -0.15) is 0 Å². The second-order valence-corrected chi connectivity index (χ2v) is 4.18. The van der Waals surface area contributed by atoms with Gasteiger partial charge < -0.3 is 9.57 Å². The summed E-state index contributed by atoms with van der Waals surface area (Å²) in [6.07, 6.45) is -4.83. The zero-order chi connectivity index (χ0) is 17.0. The van der Waals surface area contributed by atoms with E-state index in [1.165, 1.54) is 12.1 Å². The molecule has 0 bridgehead atoms. The highest BCUT2D eigenvalue weighted by atomic mass is 19.4. The van der Waals surface area contributed by atoms with Crippen molar-refractivity contribution in [2.45, 2.75) is 6.36 Å². The summed E-state index contributed by atoms with van der Waals surface area (Å²) in [5, 5.41) is 13.0. The first-order valence-electron chi connectivity index (χ1n) is 5.94. The van der Waals surface area contributed by atoms with Gasteiger partial charge in [0.15, 0.2) is 11.1 Å². The normalized spacial score (nSPS) is 10.9. The average Bonchev–Trinajstić information content (AvgIpc) is 2.47. The molecule has 0 aromatic heterocycles. The molecule has 0 aliphatic heterocycles. The third-order valence-electron chi connectivity index (χ3n) is 2.71. The first-order chi connectivity index (χ1) is 10.8. The standard InChI is InChI=1S/C13H7F3N2O5/c14-13(15,16)22-10-4-1-8(2-5-10)11-7-9(18(20)21)3-6-12(11)23-17-19/h1-7H. The van der Waals surface area contributed by atoms with Crippen LogP contribution in [0.5, 0.6) is 11.5 Å². The van der Waals surface area contributed by atoms with Crippen LogP contribution in [-0.4, -0.2) is 11.3 Å². The lowest BCUT2D eigenvalue weighted by Gasteiger charge is -2.10. The van der Waals surface area contributed by atoms with Crippen LogP contribution in [0.4, 0.5) is 18.9 Å². The minimum atomic E-state index is -4.83. The zero-order valence-corrected chi connectivity index (χ0v) is 11.1. The van der Waals surface area contributed by atoms with Crippen LogP contribution < -0.4 is 9.57 Å². The van der Waals surface area contributed by atoms with Crippen LogP contribution in [0.3, 0.4) is 0 Å². The van der Waals surface area contributed by atoms with E-state index in [0.29, 0.717) is 0 Å². The summed E-state index contributed by atoms with van der Waals surface area (Å²) in [5.41, 5.74) is 0.119. The molecule has 23 heavy (non-hydrogen) atoms. The lowest BCUT2D eigenvalue weighted by atomic mass is 10.0. The molecule has 0 radical (unpaired) electrons. The van der Waals surface area contributed by atoms with E-state index < -0.39 is 17.0 Å². The topological polar surface area (TPSA) is 91.0 Å². The molecule has 2 aromatic rings. The summed E-state index contributed by atoms with van der Waals surface area (Å²) in [4.78, 5) is 24.8. The van der Waals surface area contributed by atoms with Crippen LogP contribution in [-0.2, 0) is 0 Å². The van der Waals surface area contributed by atoms with Crippen molar-refractivity contribution in [3.05, 3.63) is 57.5 Å². The smallest absolute Gasteiger partial charge is 0.406 e. The van der Waals surface area contributed by atoms with E-state index in [1.807, 2.05) is 0 Å². The monoisotopic (exact) mass is 328 g/mol. The highest BCUT2D eigenvalue weighted by Crippen LogP contribution is 2.35. The van der Waals surface area contributed by atoms with Crippen molar-refractivity contribution in [3.8, 4) is 22.6 Å². The lowest BCUT2D eigenvalue weighted by molar-refractivity contribution is -0.384. The maximum atomic E-state index is 12.1. The van der Waals surface area contributed by atoms with Gasteiger partial charge in [-0.15, -0.1) is 18.1 Å². The Morgan fingerprint density at radius 3 is 2.26 bits per heavy atom. The molecule has 2 aromatic carbocycles. The molecule has 120 valence electrons. The number of alkyl halides is 3. The van der Waals surface area contributed by atoms with E-state index in [2.05, 4.69) is 14.9 Å². The number of rotatable bonds is 5. The van der Waals surface area contributed by atoms with Crippen LogP contribution in [0.2, 0.25) is 0 Å². The molecule has 0 unspecified atom stereocenters. The Labute approximate surface area is 126 Å². The van der Waals surface area contributed by atoms with Crippen molar-refractivity contribution < 1.29 is 27.7 Å². The molecule has 0 atom stereocenters. The molecule has 0 heterocycles. The van der Waals surface area contributed by atoms with Crippen LogP contribution in [0.15, 0.2) is 47.8 Å². The largest absolute Gasteiger partial charge is 0.573 e. The Kier molecular flexibility index (Phi) is 4.44. The molecule has 2 rings (SSSR count). The number of benzene rings is 2. The van der Waals surface area contributed by atoms with E-state index in [-0.39, 0.29) is 22.6 Å². The molecule has 0 spiro atoms. The van der Waals surface area contributed by atoms with Gasteiger partial charge in [-0.3, -0.25) is 10.1 Å². The van der Waals surface area contributed by atoms with Crippen LogP contribution >= 0.6 is 0 Å². The quantitative estimate of drug-likeness (QED) is 0.465. The van der Waals surface area contributed by atoms with Gasteiger partial charge in [0.2, 0.25) is 0 Å². The molecular weight excluding hydrogens is 321 g/mol. The van der Waals surface area contributed by atoms with Gasteiger partial charge in [-0.05, 0) is 23.8 Å². The molecule has 0 aliphatic rings. The molecule has 0 N–H and O–H groups in total. The van der Waals surface area contributed by atoms with E-state index >= 15 is 0 Å². The molecule has 0 amide bonds. The van der Waals surface area contributed by atoms with Gasteiger partial charge >= 0.3 is 6.36 Å². The van der Waals surface area contributed by atoms with Crippen molar-refractivity contribution in [2.24, 2.45) is 5.34 Å². The Morgan fingerprint density at radius 1 is 1.09 bits per heavy atom. The first kappa shape index (κ1) is 16.2. The number of hydrogen-bond donors (Lipinski definition) is 0. The highest BCUT2D eigenvalue weighted by molar-refractivity contribution is 5.73. The summed E-state index contributed by atoms with van der Waals surface area (Å²) >= 11 is 0. The van der Waals surface area contributed by atoms with E-state index in [4.69, 9.17) is 0 Å². The summed E-state index contributed by atoms with van der Waals surface area (Å²) in [7, 11) is 0. The van der Waals surface area contributed by atoms with E-state index in [1.54, 1.807) is 0 Å². The average molecular weight is 328 g/mol. The van der Waals surface area contributed by atoms with Gasteiger partial charge in [-0.25, -0.2) is 0 Å². The number of non-ortho nitro benzene ring substituents is 1. The Balaban J connectivity index is 2.41. The molecule has 7 nitrogen and oxygen atoms in total. The molecular formula is C13H7F3N2O5. The van der Waals surface area contributed by atoms with E-state index in [0.717, 1.165) is 30.3 Å². The number of hydrogen-bond acceptors (Lipinski definition) is 6. The minimum Gasteiger partial charge on any atom is -0.406 e. The van der Waals surface area contributed by atoms with Crippen molar-refractivity contribution in [1.29, 1.82) is 0 Å². The summed E-state index contributed by atoms with van der Waals surface area (Å²) < 4.78 is 40.0. The predicted octanol–water partition coefficient (Wildman–Crippen LogP) is 4.22. The molecule has 0 saturated heterocycles. The number of nitro groups is 1. The molecule has 10 heteroatoms. The number of halogens is 3. The summed E-state index contributed by atoms with van der Waals surface area (Å²) in [5.74, 6) is -0.530. The lowest BCUT2D eigenvalue weighted by Crippen LogP contribution is -2.16. The van der Waals surface area contributed by atoms with Gasteiger partial charge in [0, 0.05) is 17.7 Å². The van der Waals surface area contributed by atoms with Crippen molar-refractivity contribution in [3.63, 3.8) is 0 Å². The highest BCUT2D eigenvalue weighted by Gasteiger charge is 2.31. The third-order valence-corrected chi connectivity index (χ3v) is 2.71. The molecule has 0 saturated carbocycles.